The van der Waals surface area contributed by atoms with E-state index in [4.69, 9.17) is 4.74 Å². The SMILES string of the molecule is CC.CCOc1cccc2sc(C)nc12. The van der Waals surface area contributed by atoms with Gasteiger partial charge in [-0.2, -0.15) is 0 Å². The molecule has 0 saturated carbocycles. The van der Waals surface area contributed by atoms with Gasteiger partial charge in [0.25, 0.3) is 0 Å². The summed E-state index contributed by atoms with van der Waals surface area (Å²) in [5, 5.41) is 1.09. The van der Waals surface area contributed by atoms with Crippen molar-refractivity contribution >= 4 is 21.6 Å². The number of ether oxygens (including phenoxy) is 1. The van der Waals surface area contributed by atoms with Crippen LogP contribution in [0.1, 0.15) is 25.8 Å². The Kier molecular flexibility index (Phi) is 4.56. The molecular formula is C12H17NOS. The van der Waals surface area contributed by atoms with Crippen LogP contribution in [-0.2, 0) is 0 Å². The van der Waals surface area contributed by atoms with Gasteiger partial charge in [-0.1, -0.05) is 19.9 Å². The second kappa shape index (κ2) is 5.71. The van der Waals surface area contributed by atoms with Crippen LogP contribution in [0.5, 0.6) is 5.75 Å². The van der Waals surface area contributed by atoms with Gasteiger partial charge in [0.1, 0.15) is 11.3 Å². The van der Waals surface area contributed by atoms with E-state index in [0.717, 1.165) is 16.3 Å². The lowest BCUT2D eigenvalue weighted by molar-refractivity contribution is 0.343. The van der Waals surface area contributed by atoms with E-state index in [1.54, 1.807) is 11.3 Å². The van der Waals surface area contributed by atoms with Crippen LogP contribution in [0.3, 0.4) is 0 Å². The van der Waals surface area contributed by atoms with Crippen molar-refractivity contribution in [3.63, 3.8) is 0 Å². The quantitative estimate of drug-likeness (QED) is 0.767. The number of nitrogens with zero attached hydrogens (tertiary/aromatic N) is 1. The molecule has 2 nitrogen and oxygen atoms in total. The van der Waals surface area contributed by atoms with Crippen LogP contribution in [0.25, 0.3) is 10.2 Å². The zero-order valence-electron chi connectivity index (χ0n) is 9.70. The molecule has 82 valence electrons. The number of aryl methyl sites for hydroxylation is 1. The van der Waals surface area contributed by atoms with E-state index in [1.165, 1.54) is 4.70 Å². The zero-order valence-corrected chi connectivity index (χ0v) is 10.5. The number of aromatic nitrogens is 1. The van der Waals surface area contributed by atoms with E-state index in [0.29, 0.717) is 6.61 Å². The maximum absolute atomic E-state index is 5.48. The largest absolute Gasteiger partial charge is 0.492 e. The summed E-state index contributed by atoms with van der Waals surface area (Å²) in [6.07, 6.45) is 0. The van der Waals surface area contributed by atoms with Crippen molar-refractivity contribution in [2.75, 3.05) is 6.61 Å². The smallest absolute Gasteiger partial charge is 0.146 e. The first-order valence-corrected chi connectivity index (χ1v) is 6.12. The van der Waals surface area contributed by atoms with E-state index in [9.17, 15) is 0 Å². The molecule has 15 heavy (non-hydrogen) atoms. The summed E-state index contributed by atoms with van der Waals surface area (Å²) in [6, 6.07) is 6.04. The normalized spacial score (nSPS) is 9.60. The molecule has 1 heterocycles. The highest BCUT2D eigenvalue weighted by Crippen LogP contribution is 2.29. The minimum Gasteiger partial charge on any atom is -0.492 e. The minimum atomic E-state index is 0.690. The van der Waals surface area contributed by atoms with Crippen LogP contribution in [0.15, 0.2) is 18.2 Å². The molecule has 0 aliphatic heterocycles. The second-order valence-corrected chi connectivity index (χ2v) is 4.00. The molecule has 1 aromatic carbocycles. The van der Waals surface area contributed by atoms with Crippen molar-refractivity contribution < 1.29 is 4.74 Å². The Morgan fingerprint density at radius 3 is 2.73 bits per heavy atom. The van der Waals surface area contributed by atoms with Gasteiger partial charge in [0.15, 0.2) is 0 Å². The molecule has 0 saturated heterocycles. The van der Waals surface area contributed by atoms with Crippen molar-refractivity contribution in [3.8, 4) is 5.75 Å². The molecule has 0 atom stereocenters. The number of fused-ring (bicyclic) bond motifs is 1. The average molecular weight is 223 g/mol. The van der Waals surface area contributed by atoms with Crippen molar-refractivity contribution in [3.05, 3.63) is 23.2 Å². The van der Waals surface area contributed by atoms with E-state index in [2.05, 4.69) is 11.1 Å². The Bertz CT molecular complexity index is 422. The molecule has 0 radical (unpaired) electrons. The van der Waals surface area contributed by atoms with Crippen LogP contribution >= 0.6 is 11.3 Å². The molecule has 0 aliphatic rings. The lowest BCUT2D eigenvalue weighted by Crippen LogP contribution is -1.91. The Morgan fingerprint density at radius 1 is 1.33 bits per heavy atom. The predicted molar refractivity (Wildman–Crippen MR) is 66.9 cm³/mol. The lowest BCUT2D eigenvalue weighted by Gasteiger charge is -2.01. The van der Waals surface area contributed by atoms with Gasteiger partial charge < -0.3 is 4.74 Å². The summed E-state index contributed by atoms with van der Waals surface area (Å²) in [7, 11) is 0. The van der Waals surface area contributed by atoms with Crippen molar-refractivity contribution in [1.82, 2.24) is 4.98 Å². The molecule has 2 rings (SSSR count). The molecule has 1 aromatic heterocycles. The highest BCUT2D eigenvalue weighted by molar-refractivity contribution is 7.18. The summed E-state index contributed by atoms with van der Waals surface area (Å²) in [5.74, 6) is 0.893. The van der Waals surface area contributed by atoms with Gasteiger partial charge in [0.2, 0.25) is 0 Å². The third-order valence-corrected chi connectivity index (χ3v) is 2.72. The molecule has 0 aliphatic carbocycles. The third-order valence-electron chi connectivity index (χ3n) is 1.79. The number of benzene rings is 1. The van der Waals surface area contributed by atoms with Gasteiger partial charge in [-0.15, -0.1) is 11.3 Å². The molecule has 0 N–H and O–H groups in total. The molecule has 3 heteroatoms. The fraction of sp³-hybridized carbons (Fsp3) is 0.417. The standard InChI is InChI=1S/C10H11NOS.C2H6/c1-3-12-8-5-4-6-9-10(8)11-7(2)13-9;1-2/h4-6H,3H2,1-2H3;1-2H3. The van der Waals surface area contributed by atoms with E-state index in [1.807, 2.05) is 39.8 Å². The minimum absolute atomic E-state index is 0.690. The summed E-state index contributed by atoms with van der Waals surface area (Å²) in [6.45, 7) is 8.69. The van der Waals surface area contributed by atoms with Gasteiger partial charge in [0.05, 0.1) is 16.3 Å². The fourth-order valence-electron chi connectivity index (χ4n) is 1.31. The van der Waals surface area contributed by atoms with Crippen molar-refractivity contribution in [2.24, 2.45) is 0 Å². The predicted octanol–water partition coefficient (Wildman–Crippen LogP) is 4.03. The number of thiazole rings is 1. The van der Waals surface area contributed by atoms with Gasteiger partial charge in [-0.3, -0.25) is 0 Å². The molecule has 2 aromatic rings. The molecule has 0 spiro atoms. The first-order chi connectivity index (χ1) is 7.31. The van der Waals surface area contributed by atoms with Crippen LogP contribution < -0.4 is 4.74 Å². The molecular weight excluding hydrogens is 206 g/mol. The number of para-hydroxylation sites is 1. The third kappa shape index (κ3) is 2.69. The number of hydrogen-bond donors (Lipinski definition) is 0. The maximum Gasteiger partial charge on any atom is 0.146 e. The first-order valence-electron chi connectivity index (χ1n) is 5.30. The average Bonchev–Trinajstić information content (AvgIpc) is 2.63. The number of rotatable bonds is 2. The van der Waals surface area contributed by atoms with Crippen molar-refractivity contribution in [2.45, 2.75) is 27.7 Å². The Balaban J connectivity index is 0.000000531. The van der Waals surface area contributed by atoms with Crippen LogP contribution in [0.2, 0.25) is 0 Å². The molecule has 0 unspecified atom stereocenters. The Morgan fingerprint density at radius 2 is 2.07 bits per heavy atom. The molecule has 0 bridgehead atoms. The highest BCUT2D eigenvalue weighted by Gasteiger charge is 2.05. The lowest BCUT2D eigenvalue weighted by atomic mass is 10.3. The maximum atomic E-state index is 5.48. The Hall–Kier alpha value is -1.09. The van der Waals surface area contributed by atoms with E-state index >= 15 is 0 Å². The number of hydrogen-bond acceptors (Lipinski definition) is 3. The summed E-state index contributed by atoms with van der Waals surface area (Å²) in [5.41, 5.74) is 0.992. The van der Waals surface area contributed by atoms with Crippen LogP contribution in [0, 0.1) is 6.92 Å². The van der Waals surface area contributed by atoms with Gasteiger partial charge in [-0.05, 0) is 26.0 Å². The molecule has 0 fully saturated rings. The molecule has 0 amide bonds. The van der Waals surface area contributed by atoms with Gasteiger partial charge in [-0.25, -0.2) is 4.98 Å². The van der Waals surface area contributed by atoms with Crippen LogP contribution in [-0.4, -0.2) is 11.6 Å². The van der Waals surface area contributed by atoms with Gasteiger partial charge in [0, 0.05) is 0 Å². The monoisotopic (exact) mass is 223 g/mol. The second-order valence-electron chi connectivity index (χ2n) is 2.77. The summed E-state index contributed by atoms with van der Waals surface area (Å²) >= 11 is 1.70. The van der Waals surface area contributed by atoms with Crippen molar-refractivity contribution in [1.29, 1.82) is 0 Å². The zero-order chi connectivity index (χ0) is 11.3. The first kappa shape index (κ1) is 12.0. The topological polar surface area (TPSA) is 22.1 Å². The van der Waals surface area contributed by atoms with E-state index in [-0.39, 0.29) is 0 Å². The summed E-state index contributed by atoms with van der Waals surface area (Å²) < 4.78 is 6.67. The fourth-order valence-corrected chi connectivity index (χ4v) is 2.15. The van der Waals surface area contributed by atoms with E-state index < -0.39 is 0 Å². The highest BCUT2D eigenvalue weighted by atomic mass is 32.1. The van der Waals surface area contributed by atoms with Gasteiger partial charge >= 0.3 is 0 Å². The summed E-state index contributed by atoms with van der Waals surface area (Å²) in [4.78, 5) is 4.43. The van der Waals surface area contributed by atoms with Crippen LogP contribution in [0.4, 0.5) is 0 Å². The Labute approximate surface area is 94.9 Å².